The summed E-state index contributed by atoms with van der Waals surface area (Å²) in [4.78, 5) is 33.8. The average molecular weight is 513 g/mol. The van der Waals surface area contributed by atoms with Crippen molar-refractivity contribution < 1.29 is 4.79 Å². The number of hydrogen-bond donors (Lipinski definition) is 2. The number of piperazine rings is 1. The molecule has 2 saturated heterocycles. The molecule has 2 fully saturated rings. The van der Waals surface area contributed by atoms with Gasteiger partial charge in [0.05, 0.1) is 6.54 Å². The smallest absolute Gasteiger partial charge is 0.234 e. The number of nitrogens with zero attached hydrogens (tertiary/aromatic N) is 6. The molecule has 3 aromatic rings. The Morgan fingerprint density at radius 2 is 1.84 bits per heavy atom. The highest BCUT2D eigenvalue weighted by atomic mass is 16.2. The van der Waals surface area contributed by atoms with Gasteiger partial charge in [0.1, 0.15) is 5.82 Å². The molecule has 38 heavy (non-hydrogen) atoms. The number of anilines is 3. The van der Waals surface area contributed by atoms with Crippen LogP contribution < -0.4 is 15.5 Å². The van der Waals surface area contributed by atoms with Crippen molar-refractivity contribution in [2.45, 2.75) is 44.8 Å². The molecule has 1 aromatic carbocycles. The third-order valence-corrected chi connectivity index (χ3v) is 7.97. The molecule has 9 rings (SSSR count). The average Bonchev–Trinajstić information content (AvgIpc) is 3.39. The normalized spacial score (nSPS) is 25.9. The SMILES string of the molecule is CC1CN2CCN1Cc1cccc(c1)Nc1cc(ccn1)-c1cnc(nc1)N1CCCC1CCNC(=O)C2. The fraction of sp³-hybridized carbons (Fsp3) is 0.448. The summed E-state index contributed by atoms with van der Waals surface area (Å²) in [5.74, 6) is 1.67. The van der Waals surface area contributed by atoms with E-state index in [1.807, 2.05) is 30.7 Å². The van der Waals surface area contributed by atoms with Gasteiger partial charge in [0.15, 0.2) is 0 Å². The van der Waals surface area contributed by atoms with E-state index < -0.39 is 0 Å². The summed E-state index contributed by atoms with van der Waals surface area (Å²) >= 11 is 0. The van der Waals surface area contributed by atoms with Crippen molar-refractivity contribution in [2.75, 3.05) is 49.5 Å². The lowest BCUT2D eigenvalue weighted by molar-refractivity contribution is -0.123. The first kappa shape index (κ1) is 24.8. The van der Waals surface area contributed by atoms with Crippen molar-refractivity contribution in [1.82, 2.24) is 30.1 Å². The second kappa shape index (κ2) is 11.0. The lowest BCUT2D eigenvalue weighted by Gasteiger charge is -2.39. The first-order chi connectivity index (χ1) is 18.6. The van der Waals surface area contributed by atoms with Crippen molar-refractivity contribution in [3.63, 3.8) is 0 Å². The number of hydrogen-bond acceptors (Lipinski definition) is 8. The minimum atomic E-state index is 0.114. The zero-order valence-corrected chi connectivity index (χ0v) is 22.0. The molecule has 1 amide bonds. The van der Waals surface area contributed by atoms with Gasteiger partial charge in [0.25, 0.3) is 0 Å². The molecule has 9 heteroatoms. The van der Waals surface area contributed by atoms with Crippen molar-refractivity contribution in [3.8, 4) is 11.1 Å². The molecule has 0 radical (unpaired) electrons. The van der Waals surface area contributed by atoms with E-state index in [4.69, 9.17) is 9.97 Å². The number of nitrogens with one attached hydrogen (secondary N) is 2. The molecule has 8 heterocycles. The Hall–Kier alpha value is -3.56. The van der Waals surface area contributed by atoms with Gasteiger partial charge in [-0.2, -0.15) is 0 Å². The number of aromatic nitrogens is 3. The van der Waals surface area contributed by atoms with E-state index >= 15 is 0 Å². The van der Waals surface area contributed by atoms with Gasteiger partial charge in [-0.1, -0.05) is 12.1 Å². The van der Waals surface area contributed by atoms with Crippen LogP contribution in [0.3, 0.4) is 0 Å². The third kappa shape index (κ3) is 5.63. The van der Waals surface area contributed by atoms with Crippen LogP contribution in [-0.4, -0.2) is 82.0 Å². The van der Waals surface area contributed by atoms with Gasteiger partial charge in [0, 0.05) is 81.2 Å². The lowest BCUT2D eigenvalue weighted by atomic mass is 10.1. The van der Waals surface area contributed by atoms with E-state index in [-0.39, 0.29) is 5.91 Å². The van der Waals surface area contributed by atoms with Crippen LogP contribution in [0.15, 0.2) is 55.0 Å². The van der Waals surface area contributed by atoms with E-state index in [1.165, 1.54) is 5.56 Å². The number of benzene rings is 1. The van der Waals surface area contributed by atoms with E-state index in [0.717, 1.165) is 80.6 Å². The highest BCUT2D eigenvalue weighted by Crippen LogP contribution is 2.27. The predicted octanol–water partition coefficient (Wildman–Crippen LogP) is 3.28. The predicted molar refractivity (Wildman–Crippen MR) is 149 cm³/mol. The minimum absolute atomic E-state index is 0.114. The maximum Gasteiger partial charge on any atom is 0.234 e. The summed E-state index contributed by atoms with van der Waals surface area (Å²) in [7, 11) is 0. The number of carbonyl (C=O) groups is 1. The maximum absolute atomic E-state index is 12.7. The van der Waals surface area contributed by atoms with Crippen molar-refractivity contribution in [2.24, 2.45) is 0 Å². The summed E-state index contributed by atoms with van der Waals surface area (Å²) in [5.41, 5.74) is 4.25. The summed E-state index contributed by atoms with van der Waals surface area (Å²) < 4.78 is 0. The molecule has 4 atom stereocenters. The van der Waals surface area contributed by atoms with E-state index in [2.05, 4.69) is 61.5 Å². The molecule has 6 aliphatic heterocycles. The molecule has 2 aromatic heterocycles. The number of carbonyl (C=O) groups excluding carboxylic acids is 1. The molecule has 198 valence electrons. The lowest BCUT2D eigenvalue weighted by Crippen LogP contribution is -2.53. The zero-order chi connectivity index (χ0) is 25.9. The zero-order valence-electron chi connectivity index (χ0n) is 22.0. The van der Waals surface area contributed by atoms with Crippen LogP contribution in [0.4, 0.5) is 17.5 Å². The maximum atomic E-state index is 12.7. The summed E-state index contributed by atoms with van der Waals surface area (Å²) in [6.45, 7) is 7.96. The number of pyridine rings is 1. The molecule has 0 saturated carbocycles. The third-order valence-electron chi connectivity index (χ3n) is 7.97. The Morgan fingerprint density at radius 1 is 0.947 bits per heavy atom. The van der Waals surface area contributed by atoms with Crippen molar-refractivity contribution in [1.29, 1.82) is 0 Å². The first-order valence-corrected chi connectivity index (χ1v) is 13.7. The molecular formula is C29H36N8O. The Labute approximate surface area is 224 Å². The van der Waals surface area contributed by atoms with Crippen LogP contribution in [0.5, 0.6) is 0 Å². The van der Waals surface area contributed by atoms with Gasteiger partial charge in [-0.3, -0.25) is 14.6 Å². The quantitative estimate of drug-likeness (QED) is 0.475. The van der Waals surface area contributed by atoms with Crippen LogP contribution in [-0.2, 0) is 11.3 Å². The molecule has 9 nitrogen and oxygen atoms in total. The molecule has 8 bridgehead atoms. The van der Waals surface area contributed by atoms with Crippen LogP contribution >= 0.6 is 0 Å². The van der Waals surface area contributed by atoms with Gasteiger partial charge < -0.3 is 15.5 Å². The van der Waals surface area contributed by atoms with E-state index in [0.29, 0.717) is 25.2 Å². The Morgan fingerprint density at radius 3 is 2.71 bits per heavy atom. The Bertz CT molecular complexity index is 1270. The van der Waals surface area contributed by atoms with Gasteiger partial charge in [0.2, 0.25) is 11.9 Å². The molecule has 2 N–H and O–H groups in total. The van der Waals surface area contributed by atoms with Crippen LogP contribution in [0.1, 0.15) is 31.7 Å². The molecule has 0 aliphatic carbocycles. The Kier molecular flexibility index (Phi) is 7.20. The molecule has 0 spiro atoms. The van der Waals surface area contributed by atoms with Crippen LogP contribution in [0.25, 0.3) is 11.1 Å². The van der Waals surface area contributed by atoms with Crippen LogP contribution in [0, 0.1) is 0 Å². The molecule has 6 aliphatic rings. The summed E-state index contributed by atoms with van der Waals surface area (Å²) in [6.07, 6.45) is 8.73. The molecule has 4 unspecified atom stereocenters. The van der Waals surface area contributed by atoms with Crippen LogP contribution in [0.2, 0.25) is 0 Å². The summed E-state index contributed by atoms with van der Waals surface area (Å²) in [6, 6.07) is 13.3. The summed E-state index contributed by atoms with van der Waals surface area (Å²) in [5, 5.41) is 6.64. The second-order valence-electron chi connectivity index (χ2n) is 10.7. The second-order valence-corrected chi connectivity index (χ2v) is 10.7. The fourth-order valence-electron chi connectivity index (χ4n) is 5.91. The monoisotopic (exact) mass is 512 g/mol. The van der Waals surface area contributed by atoms with E-state index in [9.17, 15) is 4.79 Å². The minimum Gasteiger partial charge on any atom is -0.355 e. The van der Waals surface area contributed by atoms with Gasteiger partial charge in [-0.05, 0) is 61.6 Å². The first-order valence-electron chi connectivity index (χ1n) is 13.7. The highest BCUT2D eigenvalue weighted by Gasteiger charge is 2.28. The Balaban J connectivity index is 1.27. The van der Waals surface area contributed by atoms with Crippen molar-refractivity contribution in [3.05, 3.63) is 60.6 Å². The molecular weight excluding hydrogens is 476 g/mol. The largest absolute Gasteiger partial charge is 0.355 e. The topological polar surface area (TPSA) is 89.5 Å². The standard InChI is InChI=1S/C29H36N8O/c1-21-18-35-12-13-36(21)19-22-4-2-5-25(14-22)34-27-15-23(7-9-30-27)24-16-32-29(33-17-24)37-11-3-6-26(37)8-10-31-28(38)20-35/h2,4-5,7,9,14-17,21,26H,3,6,8,10-13,18-20H2,1H3,(H,30,34)(H,31,38). The van der Waals surface area contributed by atoms with Gasteiger partial charge >= 0.3 is 0 Å². The number of rotatable bonds is 0. The van der Waals surface area contributed by atoms with Gasteiger partial charge in [-0.15, -0.1) is 0 Å². The van der Waals surface area contributed by atoms with E-state index in [1.54, 1.807) is 0 Å². The highest BCUT2D eigenvalue weighted by molar-refractivity contribution is 5.78. The van der Waals surface area contributed by atoms with Crippen molar-refractivity contribution >= 4 is 23.4 Å². The van der Waals surface area contributed by atoms with Gasteiger partial charge in [-0.25, -0.2) is 15.0 Å². The number of amides is 1. The fourth-order valence-corrected chi connectivity index (χ4v) is 5.91.